The Labute approximate surface area is 93.3 Å². The average molecular weight is 251 g/mol. The molecular formula is C8H8F3N3O3. The van der Waals surface area contributed by atoms with Crippen LogP contribution in [-0.2, 0) is 14.4 Å². The number of halogens is 3. The predicted octanol–water partition coefficient (Wildman–Crippen LogP) is -0.399. The summed E-state index contributed by atoms with van der Waals surface area (Å²) in [5.74, 6) is -2.70. The summed E-state index contributed by atoms with van der Waals surface area (Å²) in [6.07, 6.45) is -4.76. The maximum absolute atomic E-state index is 12.0. The van der Waals surface area contributed by atoms with Crippen molar-refractivity contribution in [1.82, 2.24) is 15.9 Å². The number of nitrogens with one attached hydrogen (secondary N) is 2. The Hall–Kier alpha value is -1.77. The monoisotopic (exact) mass is 251 g/mol. The van der Waals surface area contributed by atoms with Crippen molar-refractivity contribution in [1.29, 1.82) is 0 Å². The fourth-order valence-corrected chi connectivity index (χ4v) is 1.56. The van der Waals surface area contributed by atoms with E-state index in [-0.39, 0.29) is 23.7 Å². The molecule has 2 aliphatic heterocycles. The lowest BCUT2D eigenvalue weighted by molar-refractivity contribution is -0.239. The summed E-state index contributed by atoms with van der Waals surface area (Å²) in [4.78, 5) is 26.0. The van der Waals surface area contributed by atoms with E-state index in [4.69, 9.17) is 0 Å². The molecule has 1 amide bonds. The molecule has 17 heavy (non-hydrogen) atoms. The van der Waals surface area contributed by atoms with Crippen LogP contribution in [0.15, 0.2) is 11.3 Å². The zero-order valence-electron chi connectivity index (χ0n) is 8.43. The van der Waals surface area contributed by atoms with E-state index in [9.17, 15) is 22.8 Å². The minimum absolute atomic E-state index is 0.0340. The van der Waals surface area contributed by atoms with Gasteiger partial charge in [0.15, 0.2) is 0 Å². The standard InChI is InChI=1S/C8H8F3N3O3/c9-8(10,11)7(16)17-14-5-1-2-12-6(15)4(5)3-13-14/h13H,1-3H2,(H,12,15). The second-order valence-corrected chi connectivity index (χ2v) is 3.44. The molecule has 0 saturated heterocycles. The van der Waals surface area contributed by atoms with Crippen molar-refractivity contribution in [2.24, 2.45) is 0 Å². The smallest absolute Gasteiger partial charge is 0.352 e. The highest BCUT2D eigenvalue weighted by Gasteiger charge is 2.44. The average Bonchev–Trinajstić information content (AvgIpc) is 2.62. The number of hydrazine groups is 1. The van der Waals surface area contributed by atoms with Crippen LogP contribution < -0.4 is 10.7 Å². The first-order valence-corrected chi connectivity index (χ1v) is 4.72. The predicted molar refractivity (Wildman–Crippen MR) is 46.6 cm³/mol. The second-order valence-electron chi connectivity index (χ2n) is 3.44. The van der Waals surface area contributed by atoms with Crippen molar-refractivity contribution in [3.63, 3.8) is 0 Å². The summed E-state index contributed by atoms with van der Waals surface area (Å²) in [7, 11) is 0. The molecule has 0 atom stereocenters. The molecule has 0 aromatic heterocycles. The van der Waals surface area contributed by atoms with Crippen LogP contribution in [0.4, 0.5) is 13.2 Å². The lowest BCUT2D eigenvalue weighted by Crippen LogP contribution is -2.39. The molecular weight excluding hydrogens is 243 g/mol. The molecule has 0 spiro atoms. The fraction of sp³-hybridized carbons (Fsp3) is 0.500. The second kappa shape index (κ2) is 3.91. The molecule has 0 saturated carbocycles. The largest absolute Gasteiger partial charge is 0.493 e. The van der Waals surface area contributed by atoms with Crippen molar-refractivity contribution in [3.8, 4) is 0 Å². The first kappa shape index (κ1) is 11.7. The summed E-state index contributed by atoms with van der Waals surface area (Å²) in [6, 6.07) is 0. The molecule has 0 unspecified atom stereocenters. The molecule has 0 aromatic carbocycles. The van der Waals surface area contributed by atoms with Crippen LogP contribution in [-0.4, -0.2) is 36.3 Å². The summed E-state index contributed by atoms with van der Waals surface area (Å²) in [5, 5.41) is 3.15. The van der Waals surface area contributed by atoms with Crippen LogP contribution in [0.3, 0.4) is 0 Å². The van der Waals surface area contributed by atoms with Crippen LogP contribution in [0.1, 0.15) is 6.42 Å². The number of carbonyl (C=O) groups is 2. The highest BCUT2D eigenvalue weighted by atomic mass is 19.4. The molecule has 0 aromatic rings. The van der Waals surface area contributed by atoms with Gasteiger partial charge in [-0.1, -0.05) is 0 Å². The fourth-order valence-electron chi connectivity index (χ4n) is 1.56. The number of nitrogens with zero attached hydrogens (tertiary/aromatic N) is 1. The Balaban J connectivity index is 2.10. The summed E-state index contributed by atoms with van der Waals surface area (Å²) in [6.45, 7) is 0.325. The Morgan fingerprint density at radius 1 is 1.41 bits per heavy atom. The zero-order valence-corrected chi connectivity index (χ0v) is 8.43. The van der Waals surface area contributed by atoms with Gasteiger partial charge in [0, 0.05) is 13.0 Å². The van der Waals surface area contributed by atoms with E-state index in [1.165, 1.54) is 0 Å². The number of amides is 1. The molecule has 0 bridgehead atoms. The van der Waals surface area contributed by atoms with E-state index in [1.54, 1.807) is 0 Å². The molecule has 6 nitrogen and oxygen atoms in total. The van der Waals surface area contributed by atoms with E-state index in [0.29, 0.717) is 18.1 Å². The third-order valence-electron chi connectivity index (χ3n) is 2.32. The van der Waals surface area contributed by atoms with Crippen LogP contribution in [0.5, 0.6) is 0 Å². The Bertz CT molecular complexity index is 405. The van der Waals surface area contributed by atoms with E-state index in [2.05, 4.69) is 15.6 Å². The summed E-state index contributed by atoms with van der Waals surface area (Å²) < 4.78 is 35.9. The molecule has 0 radical (unpaired) electrons. The van der Waals surface area contributed by atoms with Crippen LogP contribution in [0.25, 0.3) is 0 Å². The Morgan fingerprint density at radius 2 is 2.12 bits per heavy atom. The number of rotatable bonds is 1. The number of alkyl halides is 3. The lowest BCUT2D eigenvalue weighted by Gasteiger charge is -2.22. The van der Waals surface area contributed by atoms with Crippen molar-refractivity contribution >= 4 is 11.9 Å². The molecule has 2 rings (SSSR count). The molecule has 2 heterocycles. The Morgan fingerprint density at radius 3 is 2.76 bits per heavy atom. The minimum atomic E-state index is -5.07. The number of carbonyl (C=O) groups excluding carboxylic acids is 2. The maximum atomic E-state index is 12.0. The van der Waals surface area contributed by atoms with Crippen LogP contribution in [0.2, 0.25) is 0 Å². The number of hydroxylamine groups is 1. The molecule has 2 aliphatic rings. The quantitative estimate of drug-likeness (QED) is 0.663. The molecule has 0 fully saturated rings. The highest BCUT2D eigenvalue weighted by Crippen LogP contribution is 2.24. The van der Waals surface area contributed by atoms with Gasteiger partial charge in [0.05, 0.1) is 17.8 Å². The van der Waals surface area contributed by atoms with Gasteiger partial charge in [-0.2, -0.15) is 18.6 Å². The van der Waals surface area contributed by atoms with Gasteiger partial charge in [-0.3, -0.25) is 4.79 Å². The minimum Gasteiger partial charge on any atom is -0.352 e. The van der Waals surface area contributed by atoms with Gasteiger partial charge >= 0.3 is 12.1 Å². The summed E-state index contributed by atoms with van der Waals surface area (Å²) in [5.41, 5.74) is 2.93. The van der Waals surface area contributed by atoms with Gasteiger partial charge < -0.3 is 10.2 Å². The van der Waals surface area contributed by atoms with Gasteiger partial charge in [0.1, 0.15) is 0 Å². The van der Waals surface area contributed by atoms with E-state index >= 15 is 0 Å². The van der Waals surface area contributed by atoms with Crippen molar-refractivity contribution < 1.29 is 27.6 Å². The number of hydrogen-bond acceptors (Lipinski definition) is 5. The third kappa shape index (κ3) is 2.18. The van der Waals surface area contributed by atoms with Gasteiger partial charge in [0.25, 0.3) is 5.91 Å². The zero-order chi connectivity index (χ0) is 12.6. The first-order valence-electron chi connectivity index (χ1n) is 4.72. The Kier molecular flexibility index (Phi) is 2.69. The van der Waals surface area contributed by atoms with E-state index in [1.807, 2.05) is 0 Å². The highest BCUT2D eigenvalue weighted by molar-refractivity contribution is 5.95. The van der Waals surface area contributed by atoms with E-state index in [0.717, 1.165) is 0 Å². The van der Waals surface area contributed by atoms with Crippen molar-refractivity contribution in [3.05, 3.63) is 11.3 Å². The SMILES string of the molecule is O=C1NCCC2=C1CNN2OC(=O)C(F)(F)F. The van der Waals surface area contributed by atoms with Crippen molar-refractivity contribution in [2.75, 3.05) is 13.1 Å². The lowest BCUT2D eigenvalue weighted by atomic mass is 10.1. The third-order valence-corrected chi connectivity index (χ3v) is 2.32. The molecule has 94 valence electrons. The van der Waals surface area contributed by atoms with Gasteiger partial charge in [-0.25, -0.2) is 4.79 Å². The summed E-state index contributed by atoms with van der Waals surface area (Å²) >= 11 is 0. The van der Waals surface area contributed by atoms with Gasteiger partial charge in [-0.05, 0) is 0 Å². The molecule has 2 N–H and O–H groups in total. The van der Waals surface area contributed by atoms with Gasteiger partial charge in [0.2, 0.25) is 0 Å². The van der Waals surface area contributed by atoms with E-state index < -0.39 is 12.1 Å². The molecule has 9 heteroatoms. The van der Waals surface area contributed by atoms with Crippen LogP contribution in [0, 0.1) is 0 Å². The first-order chi connectivity index (χ1) is 7.89. The van der Waals surface area contributed by atoms with Gasteiger partial charge in [-0.15, -0.1) is 5.17 Å². The topological polar surface area (TPSA) is 70.7 Å². The molecule has 0 aliphatic carbocycles. The van der Waals surface area contributed by atoms with Crippen molar-refractivity contribution in [2.45, 2.75) is 12.6 Å². The number of hydrogen-bond donors (Lipinski definition) is 2. The normalized spacial score (nSPS) is 20.2. The maximum Gasteiger partial charge on any atom is 0.493 e. The van der Waals surface area contributed by atoms with Crippen LogP contribution >= 0.6 is 0 Å².